The first-order valence-corrected chi connectivity index (χ1v) is 7.45. The molecular formula is C16H23N3O4. The average molecular weight is 321 g/mol. The highest BCUT2D eigenvalue weighted by atomic mass is 16.5. The number of benzene rings is 1. The third-order valence-corrected chi connectivity index (χ3v) is 4.15. The highest BCUT2D eigenvalue weighted by Gasteiger charge is 2.41. The molecule has 1 aliphatic rings. The Balaban J connectivity index is 1.86. The predicted molar refractivity (Wildman–Crippen MR) is 84.7 cm³/mol. The van der Waals surface area contributed by atoms with Gasteiger partial charge in [0.05, 0.1) is 13.7 Å². The Hall–Kier alpha value is -2.12. The van der Waals surface area contributed by atoms with Crippen molar-refractivity contribution in [2.75, 3.05) is 33.8 Å². The molecule has 2 amide bonds. The highest BCUT2D eigenvalue weighted by Crippen LogP contribution is 2.20. The van der Waals surface area contributed by atoms with Gasteiger partial charge in [0, 0.05) is 26.7 Å². The number of carbonyl (C=O) groups is 2. The van der Waals surface area contributed by atoms with Gasteiger partial charge in [0.15, 0.2) is 5.60 Å². The number of nitrogens with zero attached hydrogens (tertiary/aromatic N) is 2. The number of amides is 2. The van der Waals surface area contributed by atoms with Crippen molar-refractivity contribution >= 4 is 11.8 Å². The minimum atomic E-state index is -1.52. The molecule has 1 atom stereocenters. The van der Waals surface area contributed by atoms with Crippen LogP contribution in [0.2, 0.25) is 0 Å². The quantitative estimate of drug-likeness (QED) is 0.741. The number of hydrogen-bond donors (Lipinski definition) is 2. The fourth-order valence-electron chi connectivity index (χ4n) is 2.61. The summed E-state index contributed by atoms with van der Waals surface area (Å²) in [7, 11) is 3.33. The van der Waals surface area contributed by atoms with Gasteiger partial charge in [-0.05, 0) is 24.1 Å². The molecule has 1 unspecified atom stereocenters. The van der Waals surface area contributed by atoms with E-state index in [1.54, 1.807) is 24.0 Å². The SMILES string of the molecule is COc1ccc(CN(C)C(=O)CN2CCC(O)(C(N)=O)C2)cc1. The maximum atomic E-state index is 12.3. The van der Waals surface area contributed by atoms with Crippen LogP contribution in [-0.4, -0.2) is 66.1 Å². The number of likely N-dealkylation sites (tertiary alicyclic amines) is 1. The van der Waals surface area contributed by atoms with Crippen LogP contribution in [0.3, 0.4) is 0 Å². The van der Waals surface area contributed by atoms with E-state index in [0.29, 0.717) is 13.1 Å². The lowest BCUT2D eigenvalue weighted by Gasteiger charge is -2.23. The summed E-state index contributed by atoms with van der Waals surface area (Å²) in [6.07, 6.45) is 0.262. The van der Waals surface area contributed by atoms with Crippen LogP contribution in [-0.2, 0) is 16.1 Å². The van der Waals surface area contributed by atoms with Crippen LogP contribution in [0.25, 0.3) is 0 Å². The maximum Gasteiger partial charge on any atom is 0.250 e. The Morgan fingerprint density at radius 2 is 2.04 bits per heavy atom. The molecule has 0 aliphatic carbocycles. The average Bonchev–Trinajstić information content (AvgIpc) is 2.90. The molecule has 0 aromatic heterocycles. The molecule has 1 saturated heterocycles. The Morgan fingerprint density at radius 1 is 1.39 bits per heavy atom. The summed E-state index contributed by atoms with van der Waals surface area (Å²) in [5.41, 5.74) is 4.67. The molecule has 126 valence electrons. The van der Waals surface area contributed by atoms with Crippen LogP contribution in [0.4, 0.5) is 0 Å². The molecule has 1 aromatic rings. The van der Waals surface area contributed by atoms with E-state index >= 15 is 0 Å². The Bertz CT molecular complexity index is 575. The summed E-state index contributed by atoms with van der Waals surface area (Å²) in [5, 5.41) is 10.0. The number of hydrogen-bond acceptors (Lipinski definition) is 5. The topological polar surface area (TPSA) is 96.1 Å². The zero-order valence-corrected chi connectivity index (χ0v) is 13.5. The molecule has 1 heterocycles. The Morgan fingerprint density at radius 3 is 2.57 bits per heavy atom. The van der Waals surface area contributed by atoms with E-state index < -0.39 is 11.5 Å². The second-order valence-electron chi connectivity index (χ2n) is 5.95. The molecule has 7 nitrogen and oxygen atoms in total. The van der Waals surface area contributed by atoms with Crippen LogP contribution in [0.15, 0.2) is 24.3 Å². The van der Waals surface area contributed by atoms with Crippen LogP contribution < -0.4 is 10.5 Å². The van der Waals surface area contributed by atoms with Crippen LogP contribution in [0.1, 0.15) is 12.0 Å². The molecule has 0 radical (unpaired) electrons. The number of rotatable bonds is 6. The van der Waals surface area contributed by atoms with Crippen molar-refractivity contribution in [1.82, 2.24) is 9.80 Å². The number of primary amides is 1. The number of aliphatic hydroxyl groups is 1. The van der Waals surface area contributed by atoms with Crippen LogP contribution in [0.5, 0.6) is 5.75 Å². The van der Waals surface area contributed by atoms with Crippen molar-refractivity contribution < 1.29 is 19.4 Å². The van der Waals surface area contributed by atoms with E-state index in [4.69, 9.17) is 10.5 Å². The molecule has 0 spiro atoms. The monoisotopic (exact) mass is 321 g/mol. The van der Waals surface area contributed by atoms with E-state index in [-0.39, 0.29) is 25.4 Å². The molecule has 2 rings (SSSR count). The standard InChI is InChI=1S/C16H23N3O4/c1-18(9-12-3-5-13(23-2)6-4-12)14(20)10-19-8-7-16(22,11-19)15(17)21/h3-6,22H,7-11H2,1-2H3,(H2,17,21). The molecular weight excluding hydrogens is 298 g/mol. The molecule has 7 heteroatoms. The van der Waals surface area contributed by atoms with E-state index in [2.05, 4.69) is 0 Å². The van der Waals surface area contributed by atoms with Gasteiger partial charge in [-0.3, -0.25) is 14.5 Å². The molecule has 0 bridgehead atoms. The summed E-state index contributed by atoms with van der Waals surface area (Å²) in [6, 6.07) is 7.51. The van der Waals surface area contributed by atoms with E-state index in [1.165, 1.54) is 0 Å². The minimum Gasteiger partial charge on any atom is -0.497 e. The zero-order valence-electron chi connectivity index (χ0n) is 13.5. The highest BCUT2D eigenvalue weighted by molar-refractivity contribution is 5.84. The number of carbonyl (C=O) groups excluding carboxylic acids is 2. The molecule has 1 aliphatic heterocycles. The molecule has 1 aromatic carbocycles. The summed E-state index contributed by atoms with van der Waals surface area (Å²) in [4.78, 5) is 26.9. The smallest absolute Gasteiger partial charge is 0.250 e. The molecule has 23 heavy (non-hydrogen) atoms. The van der Waals surface area contributed by atoms with Gasteiger partial charge in [0.25, 0.3) is 5.91 Å². The van der Waals surface area contributed by atoms with Gasteiger partial charge in [-0.25, -0.2) is 0 Å². The van der Waals surface area contributed by atoms with Crippen LogP contribution in [0, 0.1) is 0 Å². The zero-order chi connectivity index (χ0) is 17.0. The van der Waals surface area contributed by atoms with E-state index in [9.17, 15) is 14.7 Å². The predicted octanol–water partition coefficient (Wildman–Crippen LogP) is -0.424. The van der Waals surface area contributed by atoms with Crippen molar-refractivity contribution in [3.8, 4) is 5.75 Å². The second-order valence-corrected chi connectivity index (χ2v) is 5.95. The van der Waals surface area contributed by atoms with Crippen molar-refractivity contribution in [2.24, 2.45) is 5.73 Å². The van der Waals surface area contributed by atoms with Crippen molar-refractivity contribution in [1.29, 1.82) is 0 Å². The molecule has 3 N–H and O–H groups in total. The lowest BCUT2D eigenvalue weighted by atomic mass is 10.0. The first-order valence-electron chi connectivity index (χ1n) is 7.45. The summed E-state index contributed by atoms with van der Waals surface area (Å²) in [5.74, 6) is -0.0425. The summed E-state index contributed by atoms with van der Waals surface area (Å²) < 4.78 is 5.10. The summed E-state index contributed by atoms with van der Waals surface area (Å²) in [6.45, 7) is 1.21. The largest absolute Gasteiger partial charge is 0.497 e. The third-order valence-electron chi connectivity index (χ3n) is 4.15. The lowest BCUT2D eigenvalue weighted by molar-refractivity contribution is -0.136. The second kappa shape index (κ2) is 6.97. The van der Waals surface area contributed by atoms with Gasteiger partial charge in [-0.1, -0.05) is 12.1 Å². The number of ether oxygens (including phenoxy) is 1. The first-order chi connectivity index (χ1) is 10.8. The van der Waals surface area contributed by atoms with E-state index in [1.807, 2.05) is 24.3 Å². The number of methoxy groups -OCH3 is 1. The first kappa shape index (κ1) is 17.2. The minimum absolute atomic E-state index is 0.0745. The van der Waals surface area contributed by atoms with Crippen LogP contribution >= 0.6 is 0 Å². The number of nitrogens with two attached hydrogens (primary N) is 1. The number of β-amino-alcohol motifs (C(OH)–C–C–N with tert-alkyl or cyclic N) is 1. The number of likely N-dealkylation sites (N-methyl/N-ethyl adjacent to an activating group) is 1. The van der Waals surface area contributed by atoms with Gasteiger partial charge >= 0.3 is 0 Å². The Kier molecular flexibility index (Phi) is 5.23. The van der Waals surface area contributed by atoms with Gasteiger partial charge in [0.2, 0.25) is 5.91 Å². The maximum absolute atomic E-state index is 12.3. The molecule has 1 fully saturated rings. The van der Waals surface area contributed by atoms with E-state index in [0.717, 1.165) is 11.3 Å². The third kappa shape index (κ3) is 4.20. The Labute approximate surface area is 135 Å². The van der Waals surface area contributed by atoms with Gasteiger partial charge < -0.3 is 20.5 Å². The van der Waals surface area contributed by atoms with Gasteiger partial charge in [-0.2, -0.15) is 0 Å². The fraction of sp³-hybridized carbons (Fsp3) is 0.500. The fourth-order valence-corrected chi connectivity index (χ4v) is 2.61. The lowest BCUT2D eigenvalue weighted by Crippen LogP contribution is -2.47. The van der Waals surface area contributed by atoms with Crippen molar-refractivity contribution in [3.05, 3.63) is 29.8 Å². The molecule has 0 saturated carbocycles. The van der Waals surface area contributed by atoms with Crippen molar-refractivity contribution in [3.63, 3.8) is 0 Å². The summed E-state index contributed by atoms with van der Waals surface area (Å²) >= 11 is 0. The van der Waals surface area contributed by atoms with Gasteiger partial charge in [-0.15, -0.1) is 0 Å². The normalized spacial score (nSPS) is 21.2. The van der Waals surface area contributed by atoms with Crippen molar-refractivity contribution in [2.45, 2.75) is 18.6 Å². The van der Waals surface area contributed by atoms with Gasteiger partial charge in [0.1, 0.15) is 5.75 Å².